The molecule has 2 heteroatoms. The van der Waals surface area contributed by atoms with E-state index in [2.05, 4.69) is 18.4 Å². The standard InChI is InChI=1S/C11H18N2/c1-4-5-6-7-10(2)13-8-11(3,12)9-13/h4-7H,2,8-9,12H2,1,3H3/b5-4-,7-6-. The lowest BCUT2D eigenvalue weighted by atomic mass is 9.93. The highest BCUT2D eigenvalue weighted by molar-refractivity contribution is 5.21. The molecule has 1 saturated heterocycles. The fraction of sp³-hybridized carbons (Fsp3) is 0.455. The maximum atomic E-state index is 5.88. The fourth-order valence-corrected chi connectivity index (χ4v) is 1.41. The predicted octanol–water partition coefficient (Wildman–Crippen LogP) is 1.67. The van der Waals surface area contributed by atoms with Crippen LogP contribution in [0.1, 0.15) is 13.8 Å². The molecule has 0 atom stereocenters. The summed E-state index contributed by atoms with van der Waals surface area (Å²) in [4.78, 5) is 2.18. The SMILES string of the molecule is C=C(/C=C\C=C/C)N1CC(C)(N)C1. The summed E-state index contributed by atoms with van der Waals surface area (Å²) < 4.78 is 0. The van der Waals surface area contributed by atoms with Gasteiger partial charge in [0, 0.05) is 24.3 Å². The third-order valence-electron chi connectivity index (χ3n) is 2.10. The van der Waals surface area contributed by atoms with Crippen molar-refractivity contribution < 1.29 is 0 Å². The zero-order chi connectivity index (χ0) is 9.90. The molecular formula is C11H18N2. The van der Waals surface area contributed by atoms with E-state index in [1.807, 2.05) is 31.2 Å². The van der Waals surface area contributed by atoms with E-state index in [1.165, 1.54) is 0 Å². The Labute approximate surface area is 80.4 Å². The van der Waals surface area contributed by atoms with Gasteiger partial charge in [0.15, 0.2) is 0 Å². The topological polar surface area (TPSA) is 29.3 Å². The average molecular weight is 178 g/mol. The number of hydrogen-bond acceptors (Lipinski definition) is 2. The maximum absolute atomic E-state index is 5.88. The fourth-order valence-electron chi connectivity index (χ4n) is 1.41. The predicted molar refractivity (Wildman–Crippen MR) is 57.3 cm³/mol. The molecule has 1 heterocycles. The van der Waals surface area contributed by atoms with E-state index in [0.29, 0.717) is 0 Å². The smallest absolute Gasteiger partial charge is 0.0481 e. The molecule has 2 nitrogen and oxygen atoms in total. The zero-order valence-electron chi connectivity index (χ0n) is 8.46. The van der Waals surface area contributed by atoms with Crippen molar-refractivity contribution in [1.29, 1.82) is 0 Å². The van der Waals surface area contributed by atoms with Crippen molar-refractivity contribution in [2.45, 2.75) is 19.4 Å². The minimum Gasteiger partial charge on any atom is -0.368 e. The highest BCUT2D eigenvalue weighted by Crippen LogP contribution is 2.21. The minimum atomic E-state index is -0.0165. The van der Waals surface area contributed by atoms with E-state index in [-0.39, 0.29) is 5.54 Å². The average Bonchev–Trinajstić information content (AvgIpc) is 2.00. The second-order valence-electron chi connectivity index (χ2n) is 3.89. The molecule has 0 amide bonds. The van der Waals surface area contributed by atoms with Gasteiger partial charge in [0.05, 0.1) is 0 Å². The number of nitrogens with zero attached hydrogens (tertiary/aromatic N) is 1. The summed E-state index contributed by atoms with van der Waals surface area (Å²) in [5.74, 6) is 0. The Morgan fingerprint density at radius 1 is 1.46 bits per heavy atom. The highest BCUT2D eigenvalue weighted by Gasteiger charge is 2.34. The first-order chi connectivity index (χ1) is 6.05. The van der Waals surface area contributed by atoms with E-state index in [4.69, 9.17) is 5.73 Å². The van der Waals surface area contributed by atoms with Gasteiger partial charge in [-0.05, 0) is 19.9 Å². The first-order valence-corrected chi connectivity index (χ1v) is 4.57. The van der Waals surface area contributed by atoms with Crippen LogP contribution >= 0.6 is 0 Å². The Bertz CT molecular complexity index is 241. The lowest BCUT2D eigenvalue weighted by molar-refractivity contribution is 0.128. The van der Waals surface area contributed by atoms with Gasteiger partial charge in [0.1, 0.15) is 0 Å². The number of nitrogens with two attached hydrogens (primary N) is 1. The molecule has 0 radical (unpaired) electrons. The van der Waals surface area contributed by atoms with E-state index in [9.17, 15) is 0 Å². The second kappa shape index (κ2) is 3.79. The molecule has 0 unspecified atom stereocenters. The van der Waals surface area contributed by atoms with Crippen molar-refractivity contribution in [3.63, 3.8) is 0 Å². The van der Waals surface area contributed by atoms with Crippen LogP contribution in [0.2, 0.25) is 0 Å². The van der Waals surface area contributed by atoms with Gasteiger partial charge in [0.2, 0.25) is 0 Å². The van der Waals surface area contributed by atoms with Crippen LogP contribution in [0, 0.1) is 0 Å². The van der Waals surface area contributed by atoms with Crippen molar-refractivity contribution in [3.05, 3.63) is 36.6 Å². The van der Waals surface area contributed by atoms with Gasteiger partial charge in [-0.3, -0.25) is 0 Å². The van der Waals surface area contributed by atoms with Crippen LogP contribution in [-0.4, -0.2) is 23.5 Å². The van der Waals surface area contributed by atoms with Gasteiger partial charge in [0.25, 0.3) is 0 Å². The van der Waals surface area contributed by atoms with E-state index in [0.717, 1.165) is 18.8 Å². The molecule has 72 valence electrons. The quantitative estimate of drug-likeness (QED) is 0.666. The molecule has 0 aliphatic carbocycles. The summed E-state index contributed by atoms with van der Waals surface area (Å²) in [6, 6.07) is 0. The Morgan fingerprint density at radius 2 is 2.08 bits per heavy atom. The van der Waals surface area contributed by atoms with Crippen LogP contribution in [0.5, 0.6) is 0 Å². The van der Waals surface area contributed by atoms with Crippen molar-refractivity contribution in [2.24, 2.45) is 5.73 Å². The molecule has 1 aliphatic rings. The van der Waals surface area contributed by atoms with Gasteiger partial charge < -0.3 is 10.6 Å². The summed E-state index contributed by atoms with van der Waals surface area (Å²) in [7, 11) is 0. The molecule has 0 aromatic carbocycles. The summed E-state index contributed by atoms with van der Waals surface area (Å²) in [6.07, 6.45) is 7.99. The lowest BCUT2D eigenvalue weighted by Crippen LogP contribution is -2.64. The van der Waals surface area contributed by atoms with Crippen molar-refractivity contribution in [2.75, 3.05) is 13.1 Å². The summed E-state index contributed by atoms with van der Waals surface area (Å²) in [5, 5.41) is 0. The minimum absolute atomic E-state index is 0.0165. The second-order valence-corrected chi connectivity index (χ2v) is 3.89. The first kappa shape index (κ1) is 10.1. The number of allylic oxidation sites excluding steroid dienone is 4. The normalized spacial score (nSPS) is 21.0. The largest absolute Gasteiger partial charge is 0.368 e. The van der Waals surface area contributed by atoms with Crippen molar-refractivity contribution in [1.82, 2.24) is 4.90 Å². The molecule has 0 bridgehead atoms. The number of likely N-dealkylation sites (tertiary alicyclic amines) is 1. The molecule has 0 spiro atoms. The number of rotatable bonds is 3. The van der Waals surface area contributed by atoms with Crippen LogP contribution in [0.15, 0.2) is 36.6 Å². The Morgan fingerprint density at radius 3 is 2.54 bits per heavy atom. The molecule has 2 N–H and O–H groups in total. The molecule has 0 saturated carbocycles. The Hall–Kier alpha value is -1.02. The van der Waals surface area contributed by atoms with Gasteiger partial charge in [-0.2, -0.15) is 0 Å². The molecule has 0 aromatic rings. The van der Waals surface area contributed by atoms with Crippen molar-refractivity contribution >= 4 is 0 Å². The van der Waals surface area contributed by atoms with Crippen LogP contribution in [0.3, 0.4) is 0 Å². The van der Waals surface area contributed by atoms with Crippen LogP contribution in [0.4, 0.5) is 0 Å². The van der Waals surface area contributed by atoms with Crippen LogP contribution < -0.4 is 5.73 Å². The number of hydrogen-bond donors (Lipinski definition) is 1. The monoisotopic (exact) mass is 178 g/mol. The van der Waals surface area contributed by atoms with E-state index >= 15 is 0 Å². The summed E-state index contributed by atoms with van der Waals surface area (Å²) in [5.41, 5.74) is 6.91. The summed E-state index contributed by atoms with van der Waals surface area (Å²) >= 11 is 0. The van der Waals surface area contributed by atoms with Gasteiger partial charge in [-0.25, -0.2) is 0 Å². The zero-order valence-corrected chi connectivity index (χ0v) is 8.46. The molecule has 1 fully saturated rings. The maximum Gasteiger partial charge on any atom is 0.0481 e. The van der Waals surface area contributed by atoms with Gasteiger partial charge >= 0.3 is 0 Å². The summed E-state index contributed by atoms with van der Waals surface area (Å²) in [6.45, 7) is 9.84. The van der Waals surface area contributed by atoms with Crippen LogP contribution in [-0.2, 0) is 0 Å². The first-order valence-electron chi connectivity index (χ1n) is 4.57. The van der Waals surface area contributed by atoms with E-state index in [1.54, 1.807) is 0 Å². The molecule has 1 rings (SSSR count). The van der Waals surface area contributed by atoms with Crippen molar-refractivity contribution in [3.8, 4) is 0 Å². The van der Waals surface area contributed by atoms with Gasteiger partial charge in [-0.15, -0.1) is 0 Å². The Balaban J connectivity index is 2.35. The molecule has 0 aromatic heterocycles. The van der Waals surface area contributed by atoms with Crippen LogP contribution in [0.25, 0.3) is 0 Å². The third-order valence-corrected chi connectivity index (χ3v) is 2.10. The Kier molecular flexibility index (Phi) is 2.94. The van der Waals surface area contributed by atoms with E-state index < -0.39 is 0 Å². The third kappa shape index (κ3) is 2.74. The highest BCUT2D eigenvalue weighted by atomic mass is 15.2. The lowest BCUT2D eigenvalue weighted by Gasteiger charge is -2.47. The molecular weight excluding hydrogens is 160 g/mol. The van der Waals surface area contributed by atoms with Gasteiger partial charge in [-0.1, -0.05) is 24.8 Å². The molecule has 1 aliphatic heterocycles. The molecule has 13 heavy (non-hydrogen) atoms.